The lowest BCUT2D eigenvalue weighted by atomic mass is 9.84. The first kappa shape index (κ1) is 24.3. The van der Waals surface area contributed by atoms with Crippen LogP contribution >= 0.6 is 0 Å². The van der Waals surface area contributed by atoms with Crippen LogP contribution in [0, 0.1) is 11.7 Å². The van der Waals surface area contributed by atoms with Crippen molar-refractivity contribution in [1.29, 1.82) is 0 Å². The first-order valence-electron chi connectivity index (χ1n) is 12.6. The number of hydrogen-bond acceptors (Lipinski definition) is 3. The van der Waals surface area contributed by atoms with Crippen LogP contribution in [0.1, 0.15) is 66.1 Å². The summed E-state index contributed by atoms with van der Waals surface area (Å²) in [5.74, 6) is 0.504. The third kappa shape index (κ3) is 6.86. The molecule has 0 aromatic heterocycles. The lowest BCUT2D eigenvalue weighted by Crippen LogP contribution is -2.37. The SMILES string of the molecule is CC(=O)c1ccc2c(c1)CCN(CCC1CCC(NC(=O)/C=C/c3ccc(F)cc3)CC1)CC2. The first-order chi connectivity index (χ1) is 16.5. The zero-order valence-corrected chi connectivity index (χ0v) is 20.1. The predicted molar refractivity (Wildman–Crippen MR) is 134 cm³/mol. The molecule has 1 heterocycles. The van der Waals surface area contributed by atoms with Crippen LogP contribution in [0.2, 0.25) is 0 Å². The number of nitrogens with zero attached hydrogens (tertiary/aromatic N) is 1. The maximum Gasteiger partial charge on any atom is 0.244 e. The minimum atomic E-state index is -0.275. The van der Waals surface area contributed by atoms with Gasteiger partial charge < -0.3 is 10.2 Å². The molecule has 0 atom stereocenters. The maximum absolute atomic E-state index is 13.0. The summed E-state index contributed by atoms with van der Waals surface area (Å²) < 4.78 is 13.0. The van der Waals surface area contributed by atoms with Crippen molar-refractivity contribution in [3.63, 3.8) is 0 Å². The average Bonchev–Trinajstić information content (AvgIpc) is 3.05. The van der Waals surface area contributed by atoms with Crippen LogP contribution in [-0.4, -0.2) is 42.3 Å². The van der Waals surface area contributed by atoms with E-state index in [0.717, 1.165) is 75.2 Å². The Labute approximate surface area is 202 Å². The summed E-state index contributed by atoms with van der Waals surface area (Å²) in [6.07, 6.45) is 10.9. The van der Waals surface area contributed by atoms with Crippen LogP contribution in [-0.2, 0) is 17.6 Å². The van der Waals surface area contributed by atoms with E-state index < -0.39 is 0 Å². The number of benzene rings is 2. The Balaban J connectivity index is 1.16. The molecule has 1 saturated carbocycles. The standard InChI is InChI=1S/C29H35FN2O2/c1-21(33)25-8-7-24-15-18-32(19-16-26(24)20-25)17-14-23-4-11-28(12-5-23)31-29(34)13-6-22-2-9-27(30)10-3-22/h2-3,6-10,13,20,23,28H,4-5,11-12,14-19H2,1H3,(H,31,34)/b13-6+. The van der Waals surface area contributed by atoms with Gasteiger partial charge in [-0.1, -0.05) is 24.3 Å². The molecule has 1 aliphatic carbocycles. The Hall–Kier alpha value is -2.79. The van der Waals surface area contributed by atoms with E-state index in [1.54, 1.807) is 25.1 Å². The number of amides is 1. The van der Waals surface area contributed by atoms with E-state index in [0.29, 0.717) is 0 Å². The van der Waals surface area contributed by atoms with E-state index in [1.165, 1.54) is 35.8 Å². The molecule has 1 fully saturated rings. The molecule has 1 N–H and O–H groups in total. The molecule has 2 aromatic rings. The molecule has 1 aliphatic heterocycles. The van der Waals surface area contributed by atoms with Crippen molar-refractivity contribution in [3.8, 4) is 0 Å². The van der Waals surface area contributed by atoms with E-state index in [2.05, 4.69) is 22.3 Å². The Morgan fingerprint density at radius 3 is 2.41 bits per heavy atom. The number of halogens is 1. The predicted octanol–water partition coefficient (Wildman–Crippen LogP) is 5.21. The second-order valence-corrected chi connectivity index (χ2v) is 9.78. The fourth-order valence-corrected chi connectivity index (χ4v) is 5.17. The van der Waals surface area contributed by atoms with Gasteiger partial charge in [-0.25, -0.2) is 4.39 Å². The summed E-state index contributed by atoms with van der Waals surface area (Å²) in [4.78, 5) is 26.5. The Morgan fingerprint density at radius 2 is 1.71 bits per heavy atom. The van der Waals surface area contributed by atoms with Gasteiger partial charge in [0.05, 0.1) is 0 Å². The summed E-state index contributed by atoms with van der Waals surface area (Å²) in [5.41, 5.74) is 4.36. The van der Waals surface area contributed by atoms with Crippen LogP contribution in [0.25, 0.3) is 6.08 Å². The van der Waals surface area contributed by atoms with Crippen LogP contribution in [0.4, 0.5) is 4.39 Å². The number of fused-ring (bicyclic) bond motifs is 1. The van der Waals surface area contributed by atoms with Crippen LogP contribution in [0.3, 0.4) is 0 Å². The van der Waals surface area contributed by atoms with E-state index in [4.69, 9.17) is 0 Å². The number of carbonyl (C=O) groups excluding carboxylic acids is 2. The summed E-state index contributed by atoms with van der Waals surface area (Å²) in [5, 5.41) is 3.12. The zero-order valence-electron chi connectivity index (χ0n) is 20.1. The first-order valence-corrected chi connectivity index (χ1v) is 12.6. The van der Waals surface area contributed by atoms with Gasteiger partial charge in [-0.3, -0.25) is 9.59 Å². The van der Waals surface area contributed by atoms with Crippen LogP contribution < -0.4 is 5.32 Å². The van der Waals surface area contributed by atoms with Gasteiger partial charge in [0.25, 0.3) is 0 Å². The largest absolute Gasteiger partial charge is 0.350 e. The molecule has 0 spiro atoms. The van der Waals surface area contributed by atoms with Gasteiger partial charge in [-0.15, -0.1) is 0 Å². The summed E-state index contributed by atoms with van der Waals surface area (Å²) in [7, 11) is 0. The van der Waals surface area contributed by atoms with Crippen molar-refractivity contribution in [1.82, 2.24) is 10.2 Å². The molecule has 4 rings (SSSR count). The number of ketones is 1. The molecule has 4 nitrogen and oxygen atoms in total. The van der Waals surface area contributed by atoms with Crippen LogP contribution in [0.15, 0.2) is 48.5 Å². The quantitative estimate of drug-likeness (QED) is 0.454. The van der Waals surface area contributed by atoms with Gasteiger partial charge in [0.2, 0.25) is 5.91 Å². The van der Waals surface area contributed by atoms with Crippen LogP contribution in [0.5, 0.6) is 0 Å². The lowest BCUT2D eigenvalue weighted by molar-refractivity contribution is -0.117. The second-order valence-electron chi connectivity index (χ2n) is 9.78. The molecule has 5 heteroatoms. The van der Waals surface area contributed by atoms with Gasteiger partial charge in [-0.05, 0) is 105 Å². The van der Waals surface area contributed by atoms with Crippen molar-refractivity contribution in [2.75, 3.05) is 19.6 Å². The zero-order chi connectivity index (χ0) is 23.9. The number of hydrogen-bond donors (Lipinski definition) is 1. The number of rotatable bonds is 7. The van der Waals surface area contributed by atoms with Crippen molar-refractivity contribution >= 4 is 17.8 Å². The highest BCUT2D eigenvalue weighted by Gasteiger charge is 2.23. The lowest BCUT2D eigenvalue weighted by Gasteiger charge is -2.30. The van der Waals surface area contributed by atoms with Gasteiger partial charge >= 0.3 is 0 Å². The molecule has 180 valence electrons. The van der Waals surface area contributed by atoms with Crippen molar-refractivity contribution in [3.05, 3.63) is 76.6 Å². The molecule has 0 saturated heterocycles. The van der Waals surface area contributed by atoms with E-state index >= 15 is 0 Å². The Bertz CT molecular complexity index is 1020. The van der Waals surface area contributed by atoms with Crippen molar-refractivity contribution < 1.29 is 14.0 Å². The minimum absolute atomic E-state index is 0.0789. The highest BCUT2D eigenvalue weighted by Crippen LogP contribution is 2.28. The molecular formula is C29H35FN2O2. The highest BCUT2D eigenvalue weighted by atomic mass is 19.1. The van der Waals surface area contributed by atoms with E-state index in [1.807, 2.05) is 6.07 Å². The third-order valence-electron chi connectivity index (χ3n) is 7.35. The molecule has 0 radical (unpaired) electrons. The smallest absolute Gasteiger partial charge is 0.244 e. The van der Waals surface area contributed by atoms with Crippen molar-refractivity contribution in [2.24, 2.45) is 5.92 Å². The maximum atomic E-state index is 13.0. The fourth-order valence-electron chi connectivity index (χ4n) is 5.17. The molecular weight excluding hydrogens is 427 g/mol. The Morgan fingerprint density at radius 1 is 1.00 bits per heavy atom. The van der Waals surface area contributed by atoms with E-state index in [9.17, 15) is 14.0 Å². The Kier molecular flexibility index (Phi) is 8.28. The minimum Gasteiger partial charge on any atom is -0.350 e. The number of carbonyl (C=O) groups is 2. The highest BCUT2D eigenvalue weighted by molar-refractivity contribution is 5.94. The molecule has 2 aliphatic rings. The van der Waals surface area contributed by atoms with Gasteiger partial charge in [0, 0.05) is 30.8 Å². The number of Topliss-reactive ketones (excluding diaryl/α,β-unsaturated/α-hetero) is 1. The normalized spacial score (nSPS) is 21.1. The molecule has 2 aromatic carbocycles. The van der Waals surface area contributed by atoms with Crippen molar-refractivity contribution in [2.45, 2.75) is 57.9 Å². The molecule has 34 heavy (non-hydrogen) atoms. The van der Waals surface area contributed by atoms with E-state index in [-0.39, 0.29) is 23.5 Å². The molecule has 1 amide bonds. The van der Waals surface area contributed by atoms with Gasteiger partial charge in [0.15, 0.2) is 5.78 Å². The third-order valence-corrected chi connectivity index (χ3v) is 7.35. The summed E-state index contributed by atoms with van der Waals surface area (Å²) in [6, 6.07) is 12.6. The second kappa shape index (κ2) is 11.6. The topological polar surface area (TPSA) is 49.4 Å². The molecule has 0 bridgehead atoms. The number of nitrogens with one attached hydrogen (secondary N) is 1. The average molecular weight is 463 g/mol. The summed E-state index contributed by atoms with van der Waals surface area (Å²) in [6.45, 7) is 4.89. The summed E-state index contributed by atoms with van der Waals surface area (Å²) >= 11 is 0. The fraction of sp³-hybridized carbons (Fsp3) is 0.448. The van der Waals surface area contributed by atoms with Gasteiger partial charge in [-0.2, -0.15) is 0 Å². The van der Waals surface area contributed by atoms with Gasteiger partial charge in [0.1, 0.15) is 5.82 Å². The molecule has 0 unspecified atom stereocenters. The monoisotopic (exact) mass is 462 g/mol.